The lowest BCUT2D eigenvalue weighted by Crippen LogP contribution is -2.58. The number of thiazole rings is 1. The summed E-state index contributed by atoms with van der Waals surface area (Å²) in [5, 5.41) is 28.6. The van der Waals surface area contributed by atoms with Crippen molar-refractivity contribution in [1.82, 2.24) is 45.6 Å². The first-order chi connectivity index (χ1) is 31.5. The number of benzene rings is 2. The minimum Gasteiger partial charge on any atom is -0.391 e. The molecule has 2 aliphatic heterocycles. The van der Waals surface area contributed by atoms with Gasteiger partial charge in [0, 0.05) is 47.9 Å². The molecule has 350 valence electrons. The van der Waals surface area contributed by atoms with Crippen LogP contribution in [-0.2, 0) is 35.2 Å². The van der Waals surface area contributed by atoms with Crippen LogP contribution in [0.5, 0.6) is 0 Å². The summed E-state index contributed by atoms with van der Waals surface area (Å²) in [4.78, 5) is 69.2. The zero-order valence-corrected chi connectivity index (χ0v) is 39.8. The summed E-state index contributed by atoms with van der Waals surface area (Å²) in [5.74, 6) is 0.389. The number of aromatic nitrogens is 5. The number of fused-ring (bicyclic) bond motifs is 3. The minimum absolute atomic E-state index is 0.0179. The second kappa shape index (κ2) is 20.8. The van der Waals surface area contributed by atoms with Crippen LogP contribution in [0.15, 0.2) is 59.0 Å². The largest absolute Gasteiger partial charge is 0.391 e. The van der Waals surface area contributed by atoms with Crippen molar-refractivity contribution in [2.45, 2.75) is 92.1 Å². The maximum absolute atomic E-state index is 14.0. The molecular weight excluding hydrogens is 884 g/mol. The third-order valence-corrected chi connectivity index (χ3v) is 13.0. The Hall–Kier alpha value is -5.79. The van der Waals surface area contributed by atoms with Crippen LogP contribution in [0, 0.1) is 33.1 Å². The Morgan fingerprint density at radius 3 is 2.35 bits per heavy atom. The van der Waals surface area contributed by atoms with Crippen molar-refractivity contribution in [3.8, 4) is 16.3 Å². The molecule has 5 heterocycles. The lowest BCUT2D eigenvalue weighted by molar-refractivity contribution is -0.144. The molecule has 1 saturated heterocycles. The van der Waals surface area contributed by atoms with E-state index in [-0.39, 0.29) is 70.7 Å². The van der Waals surface area contributed by atoms with E-state index in [1.54, 1.807) is 11.3 Å². The van der Waals surface area contributed by atoms with Crippen LogP contribution >= 0.6 is 22.9 Å². The molecule has 2 aliphatic rings. The molecular formula is C47H57ClN10O7S. The van der Waals surface area contributed by atoms with Crippen molar-refractivity contribution in [3.05, 3.63) is 104 Å². The van der Waals surface area contributed by atoms with E-state index in [9.17, 15) is 24.3 Å². The highest BCUT2D eigenvalue weighted by atomic mass is 35.5. The van der Waals surface area contributed by atoms with Crippen LogP contribution in [0.2, 0.25) is 5.02 Å². The number of carbonyl (C=O) groups excluding carboxylic acids is 4. The number of aliphatic hydroxyl groups is 1. The molecule has 5 N–H and O–H groups in total. The first-order valence-electron chi connectivity index (χ1n) is 21.9. The maximum Gasteiger partial charge on any atom is 0.246 e. The van der Waals surface area contributed by atoms with Gasteiger partial charge in [0.05, 0.1) is 54.1 Å². The van der Waals surface area contributed by atoms with Gasteiger partial charge in [0.2, 0.25) is 23.6 Å². The van der Waals surface area contributed by atoms with Gasteiger partial charge in [0.15, 0.2) is 5.82 Å². The molecule has 0 radical (unpaired) electrons. The fraction of sp³-hybridized carbons (Fsp3) is 0.447. The van der Waals surface area contributed by atoms with Crippen molar-refractivity contribution >= 4 is 52.3 Å². The van der Waals surface area contributed by atoms with Gasteiger partial charge in [0.25, 0.3) is 0 Å². The molecule has 7 rings (SSSR count). The Balaban J connectivity index is 0.852. The average Bonchev–Trinajstić information content (AvgIpc) is 4.05. The molecule has 0 bridgehead atoms. The van der Waals surface area contributed by atoms with Gasteiger partial charge in [-0.05, 0) is 61.9 Å². The van der Waals surface area contributed by atoms with E-state index in [2.05, 4.69) is 36.1 Å². The van der Waals surface area contributed by atoms with Crippen molar-refractivity contribution in [3.63, 3.8) is 0 Å². The van der Waals surface area contributed by atoms with Gasteiger partial charge in [-0.2, -0.15) is 0 Å². The molecule has 17 nitrogen and oxygen atoms in total. The number of H-pyrrole nitrogens is 1. The standard InChI is InChI=1S/C47H57ClN10O7S/c1-26-27(2)52-44-39(26)40(31-12-14-33(48)15-13-31)53-35(43-56-55-29(4)58(43)44)21-37(60)49-16-17-64-18-19-65-24-38(61)54-42(47(5,6)7)46(63)57-23-34(59)20-36(57)45(62)50-22-30-8-10-32(11-9-30)41-28(3)51-25-66-41/h8-15,25,34-36,42,52,59H,16-24H2,1-7H3,(H,49,60)(H,50,62)(H,54,61)/t34-,35?,36+,42?/m1/s1. The Morgan fingerprint density at radius 2 is 1.65 bits per heavy atom. The summed E-state index contributed by atoms with van der Waals surface area (Å²) in [6, 6.07) is 12.8. The number of likely N-dealkylation sites (tertiary alicyclic amines) is 1. The highest BCUT2D eigenvalue weighted by Gasteiger charge is 2.44. The number of halogens is 1. The highest BCUT2D eigenvalue weighted by Crippen LogP contribution is 2.35. The predicted octanol–water partition coefficient (Wildman–Crippen LogP) is 4.85. The SMILES string of the molecule is Cc1ncsc1-c1ccc(CNC(=O)[C@@H]2C[C@@H](O)CN2C(=O)C(NC(=O)COCCOCCNC(=O)CC2N=C(c3ccc(Cl)cc3)c3c([nH]c(C)c3C)-n3c(C)nnc32)C(C)(C)C)cc1. The van der Waals surface area contributed by atoms with E-state index in [4.69, 9.17) is 26.1 Å². The molecule has 2 unspecified atom stereocenters. The van der Waals surface area contributed by atoms with Gasteiger partial charge in [-0.1, -0.05) is 68.8 Å². The van der Waals surface area contributed by atoms with Crippen LogP contribution in [-0.4, -0.2) is 122 Å². The molecule has 0 aliphatic carbocycles. The molecule has 3 aromatic heterocycles. The minimum atomic E-state index is -0.996. The average molecular weight is 942 g/mol. The number of hydrogen-bond donors (Lipinski definition) is 5. The molecule has 4 atom stereocenters. The number of aliphatic hydroxyl groups excluding tert-OH is 1. The maximum atomic E-state index is 14.0. The second-order valence-corrected chi connectivity index (χ2v) is 19.0. The molecule has 4 amide bonds. The third kappa shape index (κ3) is 11.1. The van der Waals surface area contributed by atoms with Crippen LogP contribution < -0.4 is 16.0 Å². The molecule has 66 heavy (non-hydrogen) atoms. The summed E-state index contributed by atoms with van der Waals surface area (Å²) < 4.78 is 13.2. The van der Waals surface area contributed by atoms with Gasteiger partial charge in [0.1, 0.15) is 36.4 Å². The number of aryl methyl sites for hydroxylation is 3. The molecule has 2 aromatic carbocycles. The number of aromatic amines is 1. The Bertz CT molecular complexity index is 2580. The zero-order chi connectivity index (χ0) is 47.3. The molecule has 5 aromatic rings. The van der Waals surface area contributed by atoms with Crippen LogP contribution in [0.4, 0.5) is 0 Å². The first kappa shape index (κ1) is 48.2. The van der Waals surface area contributed by atoms with Gasteiger partial charge in [-0.25, -0.2) is 4.98 Å². The summed E-state index contributed by atoms with van der Waals surface area (Å²) in [5.41, 5.74) is 8.47. The van der Waals surface area contributed by atoms with Crippen LogP contribution in [0.3, 0.4) is 0 Å². The molecule has 19 heteroatoms. The van der Waals surface area contributed by atoms with E-state index in [0.29, 0.717) is 16.7 Å². The van der Waals surface area contributed by atoms with Crippen molar-refractivity contribution in [2.24, 2.45) is 10.4 Å². The number of β-amino-alcohol motifs (C(OH)–C–C–N with tert-alkyl or cyclic N) is 1. The number of nitrogens with zero attached hydrogens (tertiary/aromatic N) is 6. The van der Waals surface area contributed by atoms with E-state index < -0.39 is 41.5 Å². The van der Waals surface area contributed by atoms with Gasteiger partial charge in [-0.3, -0.25) is 28.7 Å². The van der Waals surface area contributed by atoms with Gasteiger partial charge < -0.3 is 40.4 Å². The molecule has 0 spiro atoms. The number of nitrogens with one attached hydrogen (secondary N) is 4. The van der Waals surface area contributed by atoms with E-state index >= 15 is 0 Å². The normalized spacial score (nSPS) is 17.4. The lowest BCUT2D eigenvalue weighted by Gasteiger charge is -2.35. The van der Waals surface area contributed by atoms with Crippen LogP contribution in [0.25, 0.3) is 16.3 Å². The topological polar surface area (TPSA) is 218 Å². The van der Waals surface area contributed by atoms with Gasteiger partial charge >= 0.3 is 0 Å². The highest BCUT2D eigenvalue weighted by molar-refractivity contribution is 7.13. The van der Waals surface area contributed by atoms with Crippen molar-refractivity contribution < 1.29 is 33.8 Å². The first-order valence-corrected chi connectivity index (χ1v) is 23.2. The fourth-order valence-electron chi connectivity index (χ4n) is 8.15. The predicted molar refractivity (Wildman–Crippen MR) is 251 cm³/mol. The summed E-state index contributed by atoms with van der Waals surface area (Å²) in [6.45, 7) is 13.8. The summed E-state index contributed by atoms with van der Waals surface area (Å²) >= 11 is 7.79. The van der Waals surface area contributed by atoms with E-state index in [1.165, 1.54) is 4.90 Å². The quantitative estimate of drug-likeness (QED) is 0.0799. The van der Waals surface area contributed by atoms with Crippen molar-refractivity contribution in [2.75, 3.05) is 39.5 Å². The number of ether oxygens (including phenoxy) is 2. The molecule has 0 saturated carbocycles. The number of amides is 4. The monoisotopic (exact) mass is 940 g/mol. The fourth-order valence-corrected chi connectivity index (χ4v) is 9.08. The summed E-state index contributed by atoms with van der Waals surface area (Å²) in [7, 11) is 0. The van der Waals surface area contributed by atoms with E-state index in [1.807, 2.05) is 107 Å². The number of rotatable bonds is 17. The Morgan fingerprint density at radius 1 is 0.939 bits per heavy atom. The van der Waals surface area contributed by atoms with E-state index in [0.717, 1.165) is 55.6 Å². The number of carbonyl (C=O) groups is 4. The molecule has 1 fully saturated rings. The smallest absolute Gasteiger partial charge is 0.246 e. The van der Waals surface area contributed by atoms with Gasteiger partial charge in [-0.15, -0.1) is 21.5 Å². The Kier molecular flexibility index (Phi) is 15.2. The number of hydrogen-bond acceptors (Lipinski definition) is 12. The summed E-state index contributed by atoms with van der Waals surface area (Å²) in [6.07, 6.45) is -0.790. The lowest BCUT2D eigenvalue weighted by atomic mass is 9.85. The van der Waals surface area contributed by atoms with Crippen LogP contribution in [0.1, 0.15) is 84.9 Å². The third-order valence-electron chi connectivity index (χ3n) is 11.8. The zero-order valence-electron chi connectivity index (χ0n) is 38.2. The second-order valence-electron chi connectivity index (χ2n) is 17.7. The number of aliphatic imine (C=N–C) groups is 1. The van der Waals surface area contributed by atoms with Crippen molar-refractivity contribution in [1.29, 1.82) is 0 Å². The Labute approximate surface area is 392 Å².